The molecule has 0 saturated heterocycles. The number of ether oxygens (including phenoxy) is 1. The first-order chi connectivity index (χ1) is 34.0. The second-order valence-corrected chi connectivity index (χ2v) is 21.4. The van der Waals surface area contributed by atoms with Crippen molar-refractivity contribution in [3.63, 3.8) is 0 Å². The zero-order valence-electron chi connectivity index (χ0n) is 46.6. The Kier molecular flexibility index (Phi) is 57.5. The Labute approximate surface area is 431 Å². The van der Waals surface area contributed by atoms with Crippen molar-refractivity contribution < 1.29 is 24.5 Å². The number of aliphatic hydroxyl groups excluding tert-OH is 2. The first-order valence-corrected chi connectivity index (χ1v) is 31.1. The van der Waals surface area contributed by atoms with E-state index >= 15 is 0 Å². The molecule has 3 N–H and O–H groups in total. The summed E-state index contributed by atoms with van der Waals surface area (Å²) in [5, 5.41) is 23.3. The molecule has 69 heavy (non-hydrogen) atoms. The van der Waals surface area contributed by atoms with Crippen LogP contribution < -0.4 is 5.32 Å². The maximum absolute atomic E-state index is 12.5. The van der Waals surface area contributed by atoms with Crippen LogP contribution in [0.25, 0.3) is 0 Å². The van der Waals surface area contributed by atoms with Crippen LogP contribution in [0, 0.1) is 0 Å². The molecule has 0 aliphatic rings. The topological polar surface area (TPSA) is 95.9 Å². The van der Waals surface area contributed by atoms with Gasteiger partial charge in [0.05, 0.1) is 25.4 Å². The highest BCUT2D eigenvalue weighted by atomic mass is 16.5. The third kappa shape index (κ3) is 55.5. The van der Waals surface area contributed by atoms with Crippen LogP contribution in [0.1, 0.15) is 341 Å². The summed E-state index contributed by atoms with van der Waals surface area (Å²) in [4.78, 5) is 24.5. The maximum Gasteiger partial charge on any atom is 0.305 e. The van der Waals surface area contributed by atoms with Gasteiger partial charge in [0.2, 0.25) is 5.91 Å². The minimum absolute atomic E-state index is 0.0331. The number of nitrogens with one attached hydrogen (secondary N) is 1. The van der Waals surface area contributed by atoms with Crippen molar-refractivity contribution in [3.05, 3.63) is 24.3 Å². The summed E-state index contributed by atoms with van der Waals surface area (Å²) in [6, 6.07) is -0.545. The summed E-state index contributed by atoms with van der Waals surface area (Å²) in [6.07, 6.45) is 72.0. The monoisotopic (exact) mass is 972 g/mol. The van der Waals surface area contributed by atoms with Crippen molar-refractivity contribution in [3.8, 4) is 0 Å². The Bertz CT molecular complexity index is 1080. The zero-order chi connectivity index (χ0) is 50.0. The molecule has 0 aliphatic carbocycles. The molecule has 1 amide bonds. The van der Waals surface area contributed by atoms with Gasteiger partial charge in [0.25, 0.3) is 0 Å². The first kappa shape index (κ1) is 67.3. The second-order valence-electron chi connectivity index (χ2n) is 21.4. The molecule has 0 spiro atoms. The fourth-order valence-corrected chi connectivity index (χ4v) is 9.77. The first-order valence-electron chi connectivity index (χ1n) is 31.1. The molecule has 0 aromatic heterocycles. The van der Waals surface area contributed by atoms with Crippen molar-refractivity contribution in [2.24, 2.45) is 0 Å². The van der Waals surface area contributed by atoms with Crippen LogP contribution >= 0.6 is 0 Å². The lowest BCUT2D eigenvalue weighted by Crippen LogP contribution is -2.45. The molecule has 2 unspecified atom stereocenters. The molecule has 0 aromatic rings. The number of aliphatic hydroxyl groups is 2. The van der Waals surface area contributed by atoms with E-state index in [0.717, 1.165) is 51.4 Å². The number of amides is 1. The van der Waals surface area contributed by atoms with Gasteiger partial charge in [-0.3, -0.25) is 9.59 Å². The summed E-state index contributed by atoms with van der Waals surface area (Å²) >= 11 is 0. The molecule has 2 atom stereocenters. The van der Waals surface area contributed by atoms with Gasteiger partial charge in [0, 0.05) is 12.8 Å². The molecule has 0 saturated carbocycles. The Balaban J connectivity index is 3.45. The summed E-state index contributed by atoms with van der Waals surface area (Å²) in [7, 11) is 0. The number of carbonyl (C=O) groups is 2. The van der Waals surface area contributed by atoms with E-state index < -0.39 is 12.1 Å². The van der Waals surface area contributed by atoms with E-state index in [4.69, 9.17) is 4.74 Å². The number of hydrogen-bond acceptors (Lipinski definition) is 5. The molecule has 408 valence electrons. The predicted molar refractivity (Wildman–Crippen MR) is 301 cm³/mol. The number of unbranched alkanes of at least 4 members (excludes halogenated alkanes) is 43. The van der Waals surface area contributed by atoms with Crippen LogP contribution in [0.15, 0.2) is 24.3 Å². The molecule has 0 bridgehead atoms. The van der Waals surface area contributed by atoms with Gasteiger partial charge in [-0.1, -0.05) is 308 Å². The van der Waals surface area contributed by atoms with Crippen molar-refractivity contribution in [1.29, 1.82) is 0 Å². The Morgan fingerprint density at radius 3 is 1.10 bits per heavy atom. The van der Waals surface area contributed by atoms with Crippen molar-refractivity contribution in [2.75, 3.05) is 13.2 Å². The molecule has 0 aromatic carbocycles. The van der Waals surface area contributed by atoms with E-state index in [1.165, 1.54) is 257 Å². The van der Waals surface area contributed by atoms with Gasteiger partial charge in [-0.25, -0.2) is 0 Å². The lowest BCUT2D eigenvalue weighted by Gasteiger charge is -2.22. The van der Waals surface area contributed by atoms with E-state index in [-0.39, 0.29) is 18.5 Å². The lowest BCUT2D eigenvalue weighted by atomic mass is 10.0. The van der Waals surface area contributed by atoms with E-state index in [9.17, 15) is 19.8 Å². The Morgan fingerprint density at radius 2 is 0.725 bits per heavy atom. The summed E-state index contributed by atoms with van der Waals surface area (Å²) < 4.78 is 5.41. The van der Waals surface area contributed by atoms with Gasteiger partial charge >= 0.3 is 5.97 Å². The Morgan fingerprint density at radius 1 is 0.406 bits per heavy atom. The van der Waals surface area contributed by atoms with E-state index in [1.54, 1.807) is 0 Å². The van der Waals surface area contributed by atoms with Gasteiger partial charge < -0.3 is 20.3 Å². The number of esters is 1. The van der Waals surface area contributed by atoms with Gasteiger partial charge in [-0.05, 0) is 44.9 Å². The van der Waals surface area contributed by atoms with Crippen LogP contribution in [0.3, 0.4) is 0 Å². The fraction of sp³-hybridized carbons (Fsp3) is 0.905. The minimum atomic E-state index is -0.668. The van der Waals surface area contributed by atoms with Crippen molar-refractivity contribution in [1.82, 2.24) is 5.32 Å². The van der Waals surface area contributed by atoms with E-state index in [0.29, 0.717) is 25.9 Å². The fourth-order valence-electron chi connectivity index (χ4n) is 9.77. The molecule has 0 aliphatic heterocycles. The quantitative estimate of drug-likeness (QED) is 0.0321. The standard InChI is InChI=1S/C63H121NO5/c1-3-5-7-9-11-13-15-17-18-19-25-28-32-35-39-43-47-51-55-61(66)60(59-65)64-62(67)56-52-48-44-40-36-33-29-26-23-21-20-22-24-27-30-34-38-42-46-50-54-58-69-63(68)57-53-49-45-41-37-31-16-14-12-10-8-6-4-2/h34,38,46,50,60-61,65-66H,3-33,35-37,39-45,47-49,51-59H2,1-2H3,(H,64,67)/b38-34-,50-46-. The van der Waals surface area contributed by atoms with Crippen LogP contribution in [0.4, 0.5) is 0 Å². The Hall–Kier alpha value is -1.66. The number of hydrogen-bond donors (Lipinski definition) is 3. The average Bonchev–Trinajstić information content (AvgIpc) is 3.35. The summed E-state index contributed by atoms with van der Waals surface area (Å²) in [5.74, 6) is -0.0700. The molecule has 0 rings (SSSR count). The average molecular weight is 973 g/mol. The van der Waals surface area contributed by atoms with Crippen LogP contribution in [-0.2, 0) is 14.3 Å². The summed E-state index contributed by atoms with van der Waals surface area (Å²) in [5.41, 5.74) is 0. The summed E-state index contributed by atoms with van der Waals surface area (Å²) in [6.45, 7) is 4.87. The molecule has 6 heteroatoms. The molecular formula is C63H121NO5. The van der Waals surface area contributed by atoms with Gasteiger partial charge in [0.15, 0.2) is 0 Å². The number of allylic oxidation sites excluding steroid dienone is 3. The van der Waals surface area contributed by atoms with Gasteiger partial charge in [-0.2, -0.15) is 0 Å². The highest BCUT2D eigenvalue weighted by Crippen LogP contribution is 2.18. The highest BCUT2D eigenvalue weighted by molar-refractivity contribution is 5.76. The molecule has 0 radical (unpaired) electrons. The largest absolute Gasteiger partial charge is 0.465 e. The smallest absolute Gasteiger partial charge is 0.305 e. The lowest BCUT2D eigenvalue weighted by molar-refractivity contribution is -0.143. The zero-order valence-corrected chi connectivity index (χ0v) is 46.6. The van der Waals surface area contributed by atoms with Crippen LogP contribution in [0.5, 0.6) is 0 Å². The van der Waals surface area contributed by atoms with E-state index in [2.05, 4.69) is 43.5 Å². The number of carbonyl (C=O) groups excluding carboxylic acids is 2. The van der Waals surface area contributed by atoms with Crippen molar-refractivity contribution >= 4 is 11.9 Å². The van der Waals surface area contributed by atoms with Gasteiger partial charge in [0.1, 0.15) is 0 Å². The molecule has 0 fully saturated rings. The third-order valence-electron chi connectivity index (χ3n) is 14.5. The minimum Gasteiger partial charge on any atom is -0.465 e. The van der Waals surface area contributed by atoms with E-state index in [1.807, 2.05) is 0 Å². The maximum atomic E-state index is 12.5. The number of rotatable bonds is 58. The molecule has 6 nitrogen and oxygen atoms in total. The van der Waals surface area contributed by atoms with Crippen LogP contribution in [0.2, 0.25) is 0 Å². The van der Waals surface area contributed by atoms with Crippen molar-refractivity contribution in [2.45, 2.75) is 353 Å². The molecular weight excluding hydrogens is 851 g/mol. The normalized spacial score (nSPS) is 12.7. The van der Waals surface area contributed by atoms with Crippen LogP contribution in [-0.4, -0.2) is 47.4 Å². The predicted octanol–water partition coefficient (Wildman–Crippen LogP) is 19.4. The second kappa shape index (κ2) is 58.9. The third-order valence-corrected chi connectivity index (χ3v) is 14.5. The SMILES string of the molecule is CCCCCCCCCCCCCCCCCCCCC(O)C(CO)NC(=O)CCCCCCCCCCCCCCCC/C=C\C/C=C\CCOC(=O)CCCCCCCCCCCCCCC. The van der Waals surface area contributed by atoms with Gasteiger partial charge in [-0.15, -0.1) is 0 Å². The molecule has 0 heterocycles. The highest BCUT2D eigenvalue weighted by Gasteiger charge is 2.20.